The minimum atomic E-state index is -3.80. The summed E-state index contributed by atoms with van der Waals surface area (Å²) < 4.78 is 31.9. The zero-order chi connectivity index (χ0) is 18.4. The summed E-state index contributed by atoms with van der Waals surface area (Å²) in [5, 5.41) is 2.62. The lowest BCUT2D eigenvalue weighted by atomic mass is 10.2. The first-order valence-corrected chi connectivity index (χ1v) is 8.96. The number of carbonyl (C=O) groups excluding carboxylic acids is 1. The molecule has 0 saturated carbocycles. The van der Waals surface area contributed by atoms with Crippen molar-refractivity contribution in [2.45, 2.75) is 4.90 Å². The molecular formula is C18H20N2O4S. The fourth-order valence-electron chi connectivity index (χ4n) is 2.15. The van der Waals surface area contributed by atoms with Gasteiger partial charge < -0.3 is 10.1 Å². The summed E-state index contributed by atoms with van der Waals surface area (Å²) >= 11 is 0. The topological polar surface area (TPSA) is 75.7 Å². The van der Waals surface area contributed by atoms with Gasteiger partial charge in [-0.15, -0.1) is 6.58 Å². The Morgan fingerprint density at radius 2 is 1.92 bits per heavy atom. The Balaban J connectivity index is 2.31. The number of carbonyl (C=O) groups is 1. The van der Waals surface area contributed by atoms with Crippen LogP contribution in [0.4, 0.5) is 5.69 Å². The van der Waals surface area contributed by atoms with Crippen LogP contribution >= 0.6 is 0 Å². The molecule has 0 spiro atoms. The second kappa shape index (κ2) is 7.85. The van der Waals surface area contributed by atoms with E-state index in [4.69, 9.17) is 4.74 Å². The maximum atomic E-state index is 12.8. The van der Waals surface area contributed by atoms with Crippen LogP contribution in [-0.4, -0.2) is 35.0 Å². The highest BCUT2D eigenvalue weighted by atomic mass is 32.2. The van der Waals surface area contributed by atoms with Crippen molar-refractivity contribution >= 4 is 21.6 Å². The van der Waals surface area contributed by atoms with Crippen molar-refractivity contribution in [3.63, 3.8) is 0 Å². The molecule has 0 fully saturated rings. The predicted molar refractivity (Wildman–Crippen MR) is 97.6 cm³/mol. The second-order valence-corrected chi connectivity index (χ2v) is 7.17. The summed E-state index contributed by atoms with van der Waals surface area (Å²) in [7, 11) is -0.796. The molecule has 1 N–H and O–H groups in total. The first-order chi connectivity index (χ1) is 11.9. The second-order valence-electron chi connectivity index (χ2n) is 5.20. The van der Waals surface area contributed by atoms with E-state index >= 15 is 0 Å². The predicted octanol–water partition coefficient (Wildman–Crippen LogP) is 2.44. The van der Waals surface area contributed by atoms with Crippen molar-refractivity contribution in [2.24, 2.45) is 0 Å². The Hall–Kier alpha value is -2.80. The molecule has 0 bridgehead atoms. The summed E-state index contributed by atoms with van der Waals surface area (Å²) in [5.41, 5.74) is 0.758. The van der Waals surface area contributed by atoms with Gasteiger partial charge in [0.1, 0.15) is 5.75 Å². The fraction of sp³-hybridized carbons (Fsp3) is 0.167. The first-order valence-electron chi connectivity index (χ1n) is 7.52. The van der Waals surface area contributed by atoms with Gasteiger partial charge in [-0.05, 0) is 42.5 Å². The van der Waals surface area contributed by atoms with Gasteiger partial charge in [0, 0.05) is 19.2 Å². The van der Waals surface area contributed by atoms with Crippen LogP contribution in [0.2, 0.25) is 0 Å². The maximum Gasteiger partial charge on any atom is 0.264 e. The van der Waals surface area contributed by atoms with Crippen LogP contribution in [0.3, 0.4) is 0 Å². The van der Waals surface area contributed by atoms with Gasteiger partial charge in [0.25, 0.3) is 15.9 Å². The number of rotatable bonds is 7. The summed E-state index contributed by atoms with van der Waals surface area (Å²) in [4.78, 5) is 12.1. The molecule has 0 atom stereocenters. The van der Waals surface area contributed by atoms with Crippen molar-refractivity contribution in [1.29, 1.82) is 0 Å². The summed E-state index contributed by atoms with van der Waals surface area (Å²) in [6.07, 6.45) is 1.55. The van der Waals surface area contributed by atoms with Crippen molar-refractivity contribution in [3.05, 3.63) is 66.7 Å². The Morgan fingerprint density at radius 1 is 1.24 bits per heavy atom. The van der Waals surface area contributed by atoms with Gasteiger partial charge >= 0.3 is 0 Å². The molecule has 25 heavy (non-hydrogen) atoms. The van der Waals surface area contributed by atoms with Gasteiger partial charge in [0.05, 0.1) is 17.7 Å². The number of nitrogens with zero attached hydrogens (tertiary/aromatic N) is 1. The van der Waals surface area contributed by atoms with E-state index < -0.39 is 10.0 Å². The van der Waals surface area contributed by atoms with Crippen LogP contribution < -0.4 is 14.4 Å². The molecule has 132 valence electrons. The Labute approximate surface area is 147 Å². The largest absolute Gasteiger partial charge is 0.497 e. The van der Waals surface area contributed by atoms with E-state index in [1.54, 1.807) is 43.5 Å². The molecule has 1 amide bonds. The molecule has 2 aromatic carbocycles. The van der Waals surface area contributed by atoms with E-state index in [0.29, 0.717) is 18.0 Å². The van der Waals surface area contributed by atoms with E-state index in [1.165, 1.54) is 25.2 Å². The van der Waals surface area contributed by atoms with Gasteiger partial charge in [-0.3, -0.25) is 9.10 Å². The first kappa shape index (κ1) is 18.5. The Kier molecular flexibility index (Phi) is 5.82. The highest BCUT2D eigenvalue weighted by molar-refractivity contribution is 7.92. The standard InChI is InChI=1S/C18H20N2O4S/c1-4-12-19-18(21)14-6-5-7-17(13-14)25(22,23)20(2)15-8-10-16(24-3)11-9-15/h4-11,13H,1,12H2,2-3H3,(H,19,21). The zero-order valence-corrected chi connectivity index (χ0v) is 14.9. The van der Waals surface area contributed by atoms with E-state index in [2.05, 4.69) is 11.9 Å². The Bertz CT molecular complexity index is 861. The van der Waals surface area contributed by atoms with Gasteiger partial charge in [-0.25, -0.2) is 8.42 Å². The molecule has 0 aliphatic rings. The lowest BCUT2D eigenvalue weighted by Crippen LogP contribution is -2.27. The van der Waals surface area contributed by atoms with Crippen LogP contribution in [0.1, 0.15) is 10.4 Å². The van der Waals surface area contributed by atoms with E-state index in [1.807, 2.05) is 0 Å². The molecule has 0 aliphatic heterocycles. The third-order valence-electron chi connectivity index (χ3n) is 3.60. The molecule has 0 heterocycles. The molecule has 0 aliphatic carbocycles. The summed E-state index contributed by atoms with van der Waals surface area (Å²) in [6.45, 7) is 3.83. The number of benzene rings is 2. The lowest BCUT2D eigenvalue weighted by molar-refractivity contribution is 0.0958. The number of anilines is 1. The highest BCUT2D eigenvalue weighted by Crippen LogP contribution is 2.24. The molecule has 7 heteroatoms. The minimum Gasteiger partial charge on any atom is -0.497 e. The smallest absolute Gasteiger partial charge is 0.264 e. The number of amides is 1. The third-order valence-corrected chi connectivity index (χ3v) is 5.38. The number of hydrogen-bond acceptors (Lipinski definition) is 4. The van der Waals surface area contributed by atoms with Crippen LogP contribution in [0.5, 0.6) is 5.75 Å². The molecule has 2 aromatic rings. The number of nitrogens with one attached hydrogen (secondary N) is 1. The number of hydrogen-bond donors (Lipinski definition) is 1. The van der Waals surface area contributed by atoms with Gasteiger partial charge in [0.15, 0.2) is 0 Å². The van der Waals surface area contributed by atoms with E-state index in [-0.39, 0.29) is 16.4 Å². The maximum absolute atomic E-state index is 12.8. The van der Waals surface area contributed by atoms with Crippen molar-refractivity contribution in [2.75, 3.05) is 25.0 Å². The zero-order valence-electron chi connectivity index (χ0n) is 14.1. The van der Waals surface area contributed by atoms with Crippen molar-refractivity contribution in [3.8, 4) is 5.75 Å². The van der Waals surface area contributed by atoms with E-state index in [9.17, 15) is 13.2 Å². The Morgan fingerprint density at radius 3 is 2.52 bits per heavy atom. The average Bonchev–Trinajstić information content (AvgIpc) is 2.65. The fourth-order valence-corrected chi connectivity index (χ4v) is 3.40. The number of methoxy groups -OCH3 is 1. The quantitative estimate of drug-likeness (QED) is 0.770. The minimum absolute atomic E-state index is 0.0390. The van der Waals surface area contributed by atoms with Crippen LogP contribution in [0.15, 0.2) is 66.1 Å². The highest BCUT2D eigenvalue weighted by Gasteiger charge is 2.22. The van der Waals surface area contributed by atoms with Crippen molar-refractivity contribution in [1.82, 2.24) is 5.32 Å². The monoisotopic (exact) mass is 360 g/mol. The van der Waals surface area contributed by atoms with Gasteiger partial charge in [0.2, 0.25) is 0 Å². The number of ether oxygens (including phenoxy) is 1. The van der Waals surface area contributed by atoms with Crippen LogP contribution in [-0.2, 0) is 10.0 Å². The van der Waals surface area contributed by atoms with Crippen LogP contribution in [0.25, 0.3) is 0 Å². The third kappa shape index (κ3) is 4.19. The normalized spacial score (nSPS) is 10.8. The molecule has 0 aromatic heterocycles. The SMILES string of the molecule is C=CCNC(=O)c1cccc(S(=O)(=O)N(C)c2ccc(OC)cc2)c1. The average molecular weight is 360 g/mol. The van der Waals surface area contributed by atoms with Gasteiger partial charge in [-0.2, -0.15) is 0 Å². The van der Waals surface area contributed by atoms with Crippen molar-refractivity contribution < 1.29 is 17.9 Å². The summed E-state index contributed by atoms with van der Waals surface area (Å²) in [6, 6.07) is 12.6. The van der Waals surface area contributed by atoms with Crippen LogP contribution in [0, 0.1) is 0 Å². The molecular weight excluding hydrogens is 340 g/mol. The molecule has 0 saturated heterocycles. The lowest BCUT2D eigenvalue weighted by Gasteiger charge is -2.20. The molecule has 0 radical (unpaired) electrons. The van der Waals surface area contributed by atoms with E-state index in [0.717, 1.165) is 4.31 Å². The molecule has 0 unspecified atom stereocenters. The molecule has 6 nitrogen and oxygen atoms in total. The summed E-state index contributed by atoms with van der Waals surface area (Å²) in [5.74, 6) is 0.277. The van der Waals surface area contributed by atoms with Gasteiger partial charge in [-0.1, -0.05) is 12.1 Å². The number of sulfonamides is 1. The molecule has 2 rings (SSSR count).